The molecule has 2 aliphatic rings. The fourth-order valence-electron chi connectivity index (χ4n) is 4.11. The van der Waals surface area contributed by atoms with E-state index >= 15 is 0 Å². The number of anilines is 1. The summed E-state index contributed by atoms with van der Waals surface area (Å²) in [5, 5.41) is 7.53. The summed E-state index contributed by atoms with van der Waals surface area (Å²) in [4.78, 5) is 26.3. The summed E-state index contributed by atoms with van der Waals surface area (Å²) in [6.07, 6.45) is 5.12. The lowest BCUT2D eigenvalue weighted by Gasteiger charge is -2.23. The van der Waals surface area contributed by atoms with Crippen molar-refractivity contribution in [2.75, 3.05) is 32.5 Å². The van der Waals surface area contributed by atoms with Gasteiger partial charge in [0.1, 0.15) is 6.54 Å². The van der Waals surface area contributed by atoms with Gasteiger partial charge in [0.2, 0.25) is 11.8 Å². The molecule has 1 aromatic carbocycles. The third-order valence-electron chi connectivity index (χ3n) is 5.95. The van der Waals surface area contributed by atoms with Crippen LogP contribution in [0.5, 0.6) is 0 Å². The number of nitrogens with zero attached hydrogens (tertiary/aromatic N) is 2. The first-order valence-electron chi connectivity index (χ1n) is 9.29. The number of amides is 2. The van der Waals surface area contributed by atoms with Gasteiger partial charge in [-0.15, -0.1) is 12.4 Å². The SMILES string of the molecule is CN(C)C(=O)Cn1ccc2ccc(NC(=O)C3CC34CCNCC4)cc21.Cl. The number of piperidine rings is 1. The lowest BCUT2D eigenvalue weighted by Crippen LogP contribution is -2.31. The van der Waals surface area contributed by atoms with E-state index in [0.717, 1.165) is 48.9 Å². The van der Waals surface area contributed by atoms with Gasteiger partial charge in [0.25, 0.3) is 0 Å². The van der Waals surface area contributed by atoms with Gasteiger partial charge in [-0.25, -0.2) is 0 Å². The molecule has 2 aromatic rings. The largest absolute Gasteiger partial charge is 0.347 e. The van der Waals surface area contributed by atoms with Gasteiger partial charge >= 0.3 is 0 Å². The van der Waals surface area contributed by atoms with Crippen molar-refractivity contribution in [2.45, 2.75) is 25.8 Å². The van der Waals surface area contributed by atoms with Gasteiger partial charge < -0.3 is 20.1 Å². The molecule has 1 saturated heterocycles. The molecule has 1 aliphatic carbocycles. The molecule has 2 heterocycles. The zero-order valence-electron chi connectivity index (χ0n) is 15.8. The van der Waals surface area contributed by atoms with Crippen molar-refractivity contribution in [1.29, 1.82) is 0 Å². The number of hydrogen-bond donors (Lipinski definition) is 2. The summed E-state index contributed by atoms with van der Waals surface area (Å²) >= 11 is 0. The number of likely N-dealkylation sites (N-methyl/N-ethyl adjacent to an activating group) is 1. The maximum absolute atomic E-state index is 12.7. The quantitative estimate of drug-likeness (QED) is 0.842. The van der Waals surface area contributed by atoms with Gasteiger partial charge in [0.15, 0.2) is 0 Å². The van der Waals surface area contributed by atoms with Crippen LogP contribution in [0.1, 0.15) is 19.3 Å². The second-order valence-corrected chi connectivity index (χ2v) is 7.86. The highest BCUT2D eigenvalue weighted by Crippen LogP contribution is 2.58. The normalized spacial score (nSPS) is 20.1. The van der Waals surface area contributed by atoms with E-state index in [1.54, 1.807) is 19.0 Å². The predicted octanol–water partition coefficient (Wildman–Crippen LogP) is 2.48. The van der Waals surface area contributed by atoms with Crippen LogP contribution in [0.2, 0.25) is 0 Å². The van der Waals surface area contributed by atoms with Crippen LogP contribution in [0.15, 0.2) is 30.5 Å². The van der Waals surface area contributed by atoms with Crippen LogP contribution in [0.4, 0.5) is 5.69 Å². The highest BCUT2D eigenvalue weighted by molar-refractivity contribution is 5.97. The Morgan fingerprint density at radius 3 is 2.70 bits per heavy atom. The predicted molar refractivity (Wildman–Crippen MR) is 109 cm³/mol. The number of fused-ring (bicyclic) bond motifs is 1. The van der Waals surface area contributed by atoms with Gasteiger partial charge in [-0.1, -0.05) is 6.07 Å². The molecule has 2 fully saturated rings. The van der Waals surface area contributed by atoms with Crippen molar-refractivity contribution < 1.29 is 9.59 Å². The number of halogens is 1. The Bertz CT molecular complexity index is 855. The van der Waals surface area contributed by atoms with E-state index in [4.69, 9.17) is 0 Å². The monoisotopic (exact) mass is 390 g/mol. The number of benzene rings is 1. The van der Waals surface area contributed by atoms with Crippen LogP contribution in [0.25, 0.3) is 10.9 Å². The number of carbonyl (C=O) groups excluding carboxylic acids is 2. The molecule has 27 heavy (non-hydrogen) atoms. The summed E-state index contributed by atoms with van der Waals surface area (Å²) in [5.41, 5.74) is 2.00. The topological polar surface area (TPSA) is 66.4 Å². The van der Waals surface area contributed by atoms with Crippen LogP contribution in [-0.4, -0.2) is 48.5 Å². The van der Waals surface area contributed by atoms with Crippen LogP contribution in [0, 0.1) is 11.3 Å². The molecule has 1 spiro atoms. The highest BCUT2D eigenvalue weighted by atomic mass is 35.5. The van der Waals surface area contributed by atoms with Crippen molar-refractivity contribution in [1.82, 2.24) is 14.8 Å². The van der Waals surface area contributed by atoms with E-state index in [-0.39, 0.29) is 35.6 Å². The minimum atomic E-state index is 0. The van der Waals surface area contributed by atoms with E-state index in [2.05, 4.69) is 10.6 Å². The van der Waals surface area contributed by atoms with E-state index in [9.17, 15) is 9.59 Å². The standard InChI is InChI=1S/C20H26N4O2.ClH/c1-23(2)18(25)13-24-10-5-14-3-4-15(11-17(14)24)22-19(26)16-12-20(16)6-8-21-9-7-20;/h3-5,10-11,16,21H,6-9,12-13H2,1-2H3,(H,22,26);1H. The fraction of sp³-hybridized carbons (Fsp3) is 0.500. The minimum Gasteiger partial charge on any atom is -0.347 e. The number of rotatable bonds is 4. The summed E-state index contributed by atoms with van der Waals surface area (Å²) < 4.78 is 1.93. The molecule has 6 nitrogen and oxygen atoms in total. The molecule has 1 saturated carbocycles. The van der Waals surface area contributed by atoms with Crippen molar-refractivity contribution >= 4 is 40.8 Å². The van der Waals surface area contributed by atoms with Crippen molar-refractivity contribution in [3.05, 3.63) is 30.5 Å². The molecule has 2 amide bonds. The first kappa shape index (κ1) is 19.7. The summed E-state index contributed by atoms with van der Waals surface area (Å²) in [5.74, 6) is 0.318. The Hall–Kier alpha value is -2.05. The van der Waals surface area contributed by atoms with Crippen molar-refractivity contribution in [2.24, 2.45) is 11.3 Å². The first-order valence-corrected chi connectivity index (χ1v) is 9.29. The lowest BCUT2D eigenvalue weighted by molar-refractivity contribution is -0.129. The molecule has 2 N–H and O–H groups in total. The number of hydrogen-bond acceptors (Lipinski definition) is 3. The average Bonchev–Trinajstić information content (AvgIpc) is 3.17. The van der Waals surface area contributed by atoms with Crippen molar-refractivity contribution in [3.63, 3.8) is 0 Å². The smallest absolute Gasteiger partial charge is 0.241 e. The van der Waals surface area contributed by atoms with E-state index < -0.39 is 0 Å². The molecular weight excluding hydrogens is 364 g/mol. The van der Waals surface area contributed by atoms with Crippen LogP contribution < -0.4 is 10.6 Å². The van der Waals surface area contributed by atoms with Gasteiger partial charge in [-0.05, 0) is 61.4 Å². The molecule has 1 aromatic heterocycles. The zero-order valence-corrected chi connectivity index (χ0v) is 16.6. The number of carbonyl (C=O) groups is 2. The third-order valence-corrected chi connectivity index (χ3v) is 5.95. The maximum atomic E-state index is 12.7. The van der Waals surface area contributed by atoms with Gasteiger partial charge in [-0.3, -0.25) is 9.59 Å². The average molecular weight is 391 g/mol. The second kappa shape index (κ2) is 7.52. The first-order chi connectivity index (χ1) is 12.5. The van der Waals surface area contributed by atoms with Crippen molar-refractivity contribution in [3.8, 4) is 0 Å². The third kappa shape index (κ3) is 3.82. The van der Waals surface area contributed by atoms with Crippen LogP contribution in [0.3, 0.4) is 0 Å². The summed E-state index contributed by atoms with van der Waals surface area (Å²) in [6, 6.07) is 7.90. The van der Waals surface area contributed by atoms with Crippen LogP contribution >= 0.6 is 12.4 Å². The lowest BCUT2D eigenvalue weighted by atomic mass is 9.92. The molecule has 146 valence electrons. The Kier molecular flexibility index (Phi) is 5.49. The number of nitrogens with one attached hydrogen (secondary N) is 2. The van der Waals surface area contributed by atoms with E-state index in [1.165, 1.54) is 0 Å². The summed E-state index contributed by atoms with van der Waals surface area (Å²) in [6.45, 7) is 2.33. The molecular formula is C20H27ClN4O2. The van der Waals surface area contributed by atoms with Gasteiger partial charge in [0.05, 0.1) is 5.52 Å². The van der Waals surface area contributed by atoms with E-state index in [1.807, 2.05) is 35.0 Å². The van der Waals surface area contributed by atoms with Gasteiger partial charge in [-0.2, -0.15) is 0 Å². The molecule has 4 rings (SSSR count). The second-order valence-electron chi connectivity index (χ2n) is 7.86. The molecule has 1 atom stereocenters. The summed E-state index contributed by atoms with van der Waals surface area (Å²) in [7, 11) is 3.51. The molecule has 0 radical (unpaired) electrons. The van der Waals surface area contributed by atoms with E-state index in [0.29, 0.717) is 6.54 Å². The molecule has 7 heteroatoms. The number of aromatic nitrogens is 1. The molecule has 1 aliphatic heterocycles. The zero-order chi connectivity index (χ0) is 18.3. The van der Waals surface area contributed by atoms with Gasteiger partial charge in [0, 0.05) is 31.9 Å². The highest BCUT2D eigenvalue weighted by Gasteiger charge is 2.57. The Balaban J connectivity index is 0.00000210. The minimum absolute atomic E-state index is 0. The molecule has 0 bridgehead atoms. The fourth-order valence-corrected chi connectivity index (χ4v) is 4.11. The Morgan fingerprint density at radius 2 is 2.00 bits per heavy atom. The Labute approximate surface area is 165 Å². The Morgan fingerprint density at radius 1 is 1.26 bits per heavy atom. The van der Waals surface area contributed by atoms with Crippen LogP contribution in [-0.2, 0) is 16.1 Å². The molecule has 1 unspecified atom stereocenters. The maximum Gasteiger partial charge on any atom is 0.241 e.